The topological polar surface area (TPSA) is 65.4 Å². The average molecular weight is 459 g/mol. The quantitative estimate of drug-likeness (QED) is 0.526. The Morgan fingerprint density at radius 2 is 1.97 bits per heavy atom. The van der Waals surface area contributed by atoms with Crippen molar-refractivity contribution in [2.24, 2.45) is 0 Å². The van der Waals surface area contributed by atoms with E-state index in [0.29, 0.717) is 30.2 Å². The van der Waals surface area contributed by atoms with Crippen LogP contribution in [0.1, 0.15) is 40.9 Å². The smallest absolute Gasteiger partial charge is 0.376 e. The lowest BCUT2D eigenvalue weighted by atomic mass is 10.1. The van der Waals surface area contributed by atoms with Gasteiger partial charge in [0.25, 0.3) is 5.91 Å². The van der Waals surface area contributed by atoms with Gasteiger partial charge in [0.05, 0.1) is 25.0 Å². The van der Waals surface area contributed by atoms with Crippen LogP contribution < -0.4 is 5.32 Å². The summed E-state index contributed by atoms with van der Waals surface area (Å²) in [4.78, 5) is 12.6. The molecule has 1 amide bonds. The Kier molecular flexibility index (Phi) is 7.10. The van der Waals surface area contributed by atoms with Crippen LogP contribution in [0, 0.1) is 0 Å². The SMILES string of the molecule is O=C(Nc1cccc(COCC2CCCCO2)c1)c1ccc(-n2ccc(C(F)(F)F)n2)cc1. The zero-order valence-electron chi connectivity index (χ0n) is 17.8. The molecule has 1 unspecified atom stereocenters. The number of rotatable bonds is 7. The van der Waals surface area contributed by atoms with Crippen molar-refractivity contribution in [1.29, 1.82) is 0 Å². The monoisotopic (exact) mass is 459 g/mol. The van der Waals surface area contributed by atoms with Crippen LogP contribution in [0.15, 0.2) is 60.8 Å². The van der Waals surface area contributed by atoms with Gasteiger partial charge in [-0.3, -0.25) is 4.79 Å². The van der Waals surface area contributed by atoms with Gasteiger partial charge in [-0.1, -0.05) is 12.1 Å². The van der Waals surface area contributed by atoms with E-state index in [0.717, 1.165) is 42.2 Å². The maximum absolute atomic E-state index is 12.7. The van der Waals surface area contributed by atoms with Gasteiger partial charge < -0.3 is 14.8 Å². The molecule has 0 saturated carbocycles. The normalized spacial score (nSPS) is 16.5. The first-order valence-corrected chi connectivity index (χ1v) is 10.7. The Morgan fingerprint density at radius 1 is 1.15 bits per heavy atom. The third-order valence-corrected chi connectivity index (χ3v) is 5.30. The Morgan fingerprint density at radius 3 is 2.67 bits per heavy atom. The van der Waals surface area contributed by atoms with E-state index < -0.39 is 11.9 Å². The molecule has 4 rings (SSSR count). The van der Waals surface area contributed by atoms with E-state index in [-0.39, 0.29) is 12.0 Å². The number of amides is 1. The highest BCUT2D eigenvalue weighted by Gasteiger charge is 2.33. The number of carbonyl (C=O) groups is 1. The number of hydrogen-bond donors (Lipinski definition) is 1. The van der Waals surface area contributed by atoms with Gasteiger partial charge in [-0.2, -0.15) is 18.3 Å². The zero-order valence-corrected chi connectivity index (χ0v) is 17.8. The third-order valence-electron chi connectivity index (χ3n) is 5.30. The highest BCUT2D eigenvalue weighted by Crippen LogP contribution is 2.28. The van der Waals surface area contributed by atoms with E-state index in [4.69, 9.17) is 9.47 Å². The van der Waals surface area contributed by atoms with E-state index in [2.05, 4.69) is 10.4 Å². The number of hydrogen-bond acceptors (Lipinski definition) is 4. The molecule has 1 aliphatic rings. The lowest BCUT2D eigenvalue weighted by molar-refractivity contribution is -0.141. The van der Waals surface area contributed by atoms with Crippen LogP contribution in [0.5, 0.6) is 0 Å². The molecule has 1 aromatic heterocycles. The summed E-state index contributed by atoms with van der Waals surface area (Å²) in [6.07, 6.45) is 0.140. The van der Waals surface area contributed by atoms with E-state index >= 15 is 0 Å². The van der Waals surface area contributed by atoms with Gasteiger partial charge in [-0.05, 0) is 67.3 Å². The van der Waals surface area contributed by atoms with E-state index in [1.54, 1.807) is 18.2 Å². The second-order valence-electron chi connectivity index (χ2n) is 7.85. The molecule has 0 spiro atoms. The summed E-state index contributed by atoms with van der Waals surface area (Å²) in [5.41, 5.74) is 1.37. The van der Waals surface area contributed by atoms with Crippen LogP contribution in [0.2, 0.25) is 0 Å². The van der Waals surface area contributed by atoms with Crippen molar-refractivity contribution in [2.45, 2.75) is 38.1 Å². The predicted octanol–water partition coefficient (Wildman–Crippen LogP) is 5.23. The fourth-order valence-corrected chi connectivity index (χ4v) is 3.57. The lowest BCUT2D eigenvalue weighted by Gasteiger charge is -2.22. The lowest BCUT2D eigenvalue weighted by Crippen LogP contribution is -2.24. The Bertz CT molecular complexity index is 1070. The summed E-state index contributed by atoms with van der Waals surface area (Å²) in [6.45, 7) is 1.75. The number of benzene rings is 2. The van der Waals surface area contributed by atoms with Crippen molar-refractivity contribution in [3.63, 3.8) is 0 Å². The van der Waals surface area contributed by atoms with Crippen LogP contribution in [0.25, 0.3) is 5.69 Å². The van der Waals surface area contributed by atoms with Crippen molar-refractivity contribution < 1.29 is 27.4 Å². The second kappa shape index (κ2) is 10.2. The van der Waals surface area contributed by atoms with Gasteiger partial charge in [0.2, 0.25) is 0 Å². The molecule has 1 saturated heterocycles. The van der Waals surface area contributed by atoms with Crippen LogP contribution >= 0.6 is 0 Å². The van der Waals surface area contributed by atoms with Crippen molar-refractivity contribution in [3.05, 3.63) is 77.6 Å². The van der Waals surface area contributed by atoms with Crippen LogP contribution in [0.3, 0.4) is 0 Å². The van der Waals surface area contributed by atoms with Crippen LogP contribution in [-0.4, -0.2) is 35.0 Å². The number of nitrogens with one attached hydrogen (secondary N) is 1. The molecule has 33 heavy (non-hydrogen) atoms. The number of anilines is 1. The van der Waals surface area contributed by atoms with Crippen LogP contribution in [-0.2, 0) is 22.3 Å². The number of alkyl halides is 3. The van der Waals surface area contributed by atoms with Crippen molar-refractivity contribution in [3.8, 4) is 5.69 Å². The summed E-state index contributed by atoms with van der Waals surface area (Å²) < 4.78 is 50.7. The summed E-state index contributed by atoms with van der Waals surface area (Å²) in [6, 6.07) is 14.4. The number of ether oxygens (including phenoxy) is 2. The first-order valence-electron chi connectivity index (χ1n) is 10.7. The maximum atomic E-state index is 12.7. The summed E-state index contributed by atoms with van der Waals surface area (Å²) in [5.74, 6) is -0.327. The number of nitrogens with zero attached hydrogens (tertiary/aromatic N) is 2. The summed E-state index contributed by atoms with van der Waals surface area (Å²) in [7, 11) is 0. The summed E-state index contributed by atoms with van der Waals surface area (Å²) >= 11 is 0. The number of halogens is 3. The molecule has 1 aliphatic heterocycles. The molecule has 2 aromatic carbocycles. The van der Waals surface area contributed by atoms with Crippen LogP contribution in [0.4, 0.5) is 18.9 Å². The van der Waals surface area contributed by atoms with Crippen molar-refractivity contribution in [2.75, 3.05) is 18.5 Å². The highest BCUT2D eigenvalue weighted by molar-refractivity contribution is 6.04. The largest absolute Gasteiger partial charge is 0.435 e. The summed E-state index contributed by atoms with van der Waals surface area (Å²) in [5, 5.41) is 6.36. The molecule has 9 heteroatoms. The average Bonchev–Trinajstić information content (AvgIpc) is 3.31. The Labute approximate surface area is 189 Å². The predicted molar refractivity (Wildman–Crippen MR) is 116 cm³/mol. The molecular weight excluding hydrogens is 435 g/mol. The van der Waals surface area contributed by atoms with Gasteiger partial charge in [-0.15, -0.1) is 0 Å². The fraction of sp³-hybridized carbons (Fsp3) is 0.333. The molecule has 2 heterocycles. The van der Waals surface area contributed by atoms with Gasteiger partial charge in [-0.25, -0.2) is 4.68 Å². The van der Waals surface area contributed by atoms with Gasteiger partial charge >= 0.3 is 6.18 Å². The third kappa shape index (κ3) is 6.21. The van der Waals surface area contributed by atoms with E-state index in [1.165, 1.54) is 18.3 Å². The highest BCUT2D eigenvalue weighted by atomic mass is 19.4. The standard InChI is InChI=1S/C24H24F3N3O3/c25-24(26,27)22-11-12-30(29-22)20-9-7-18(8-10-20)23(31)28-19-5-3-4-17(14-19)15-32-16-21-6-1-2-13-33-21/h3-5,7-12,14,21H,1-2,6,13,15-16H2,(H,28,31). The molecule has 1 atom stereocenters. The van der Waals surface area contributed by atoms with Crippen molar-refractivity contribution >= 4 is 11.6 Å². The second-order valence-corrected chi connectivity index (χ2v) is 7.85. The fourth-order valence-electron chi connectivity index (χ4n) is 3.57. The molecular formula is C24H24F3N3O3. The molecule has 1 fully saturated rings. The number of carbonyl (C=O) groups excluding carboxylic acids is 1. The molecule has 3 aromatic rings. The molecule has 6 nitrogen and oxygen atoms in total. The van der Waals surface area contributed by atoms with Crippen molar-refractivity contribution in [1.82, 2.24) is 9.78 Å². The first-order chi connectivity index (χ1) is 15.9. The number of aromatic nitrogens is 2. The molecule has 0 aliphatic carbocycles. The minimum atomic E-state index is -4.51. The zero-order chi connectivity index (χ0) is 23.3. The Hall–Kier alpha value is -3.17. The molecule has 174 valence electrons. The van der Waals surface area contributed by atoms with Gasteiger partial charge in [0, 0.05) is 24.1 Å². The van der Waals surface area contributed by atoms with E-state index in [9.17, 15) is 18.0 Å². The maximum Gasteiger partial charge on any atom is 0.435 e. The minimum Gasteiger partial charge on any atom is -0.376 e. The molecule has 0 radical (unpaired) electrons. The minimum absolute atomic E-state index is 0.145. The molecule has 1 N–H and O–H groups in total. The Balaban J connectivity index is 1.33. The van der Waals surface area contributed by atoms with Gasteiger partial charge in [0.1, 0.15) is 0 Å². The molecule has 0 bridgehead atoms. The van der Waals surface area contributed by atoms with Gasteiger partial charge in [0.15, 0.2) is 5.69 Å². The van der Waals surface area contributed by atoms with E-state index in [1.807, 2.05) is 18.2 Å². The first kappa shape index (κ1) is 23.0.